The highest BCUT2D eigenvalue weighted by atomic mass is 35.5. The molecule has 0 fully saturated rings. The first-order chi connectivity index (χ1) is 9.90. The molecule has 0 aliphatic heterocycles. The molecule has 1 N–H and O–H groups in total. The van der Waals surface area contributed by atoms with Crippen LogP contribution >= 0.6 is 23.2 Å². The number of carboxylic acid groups (broad SMARTS) is 1. The van der Waals surface area contributed by atoms with Crippen molar-refractivity contribution < 1.29 is 23.4 Å². The van der Waals surface area contributed by atoms with E-state index in [1.54, 1.807) is 0 Å². The molecule has 21 heavy (non-hydrogen) atoms. The van der Waals surface area contributed by atoms with Crippen molar-refractivity contribution in [1.29, 1.82) is 0 Å². The highest BCUT2D eigenvalue weighted by Crippen LogP contribution is 2.33. The van der Waals surface area contributed by atoms with E-state index >= 15 is 0 Å². The monoisotopic (exact) mass is 332 g/mol. The summed E-state index contributed by atoms with van der Waals surface area (Å²) in [5, 5.41) is 9.13. The zero-order chi connectivity index (χ0) is 15.6. The molecule has 0 bridgehead atoms. The first kappa shape index (κ1) is 15.5. The van der Waals surface area contributed by atoms with Crippen LogP contribution in [0, 0.1) is 11.6 Å². The molecule has 0 unspecified atom stereocenters. The second-order valence-corrected chi connectivity index (χ2v) is 4.90. The number of benzene rings is 2. The van der Waals surface area contributed by atoms with Crippen molar-refractivity contribution >= 4 is 29.2 Å². The van der Waals surface area contributed by atoms with E-state index in [9.17, 15) is 13.6 Å². The summed E-state index contributed by atoms with van der Waals surface area (Å²) in [6, 6.07) is 5.78. The highest BCUT2D eigenvalue weighted by molar-refractivity contribution is 6.36. The summed E-state index contributed by atoms with van der Waals surface area (Å²) in [4.78, 5) is 11.1. The Bertz CT molecular complexity index is 685. The van der Waals surface area contributed by atoms with Crippen molar-refractivity contribution in [3.63, 3.8) is 0 Å². The van der Waals surface area contributed by atoms with E-state index in [4.69, 9.17) is 33.0 Å². The van der Waals surface area contributed by atoms with Crippen LogP contribution < -0.4 is 4.74 Å². The van der Waals surface area contributed by atoms with E-state index in [0.717, 1.165) is 18.2 Å². The van der Waals surface area contributed by atoms with Gasteiger partial charge < -0.3 is 9.84 Å². The molecule has 3 nitrogen and oxygen atoms in total. The molecule has 2 aromatic carbocycles. The van der Waals surface area contributed by atoms with Gasteiger partial charge in [0, 0.05) is 5.02 Å². The number of rotatable bonds is 4. The van der Waals surface area contributed by atoms with Gasteiger partial charge in [-0.1, -0.05) is 29.3 Å². The molecule has 7 heteroatoms. The molecule has 0 radical (unpaired) electrons. The average molecular weight is 333 g/mol. The van der Waals surface area contributed by atoms with Crippen LogP contribution in [0.4, 0.5) is 8.78 Å². The molecule has 110 valence electrons. The van der Waals surface area contributed by atoms with E-state index in [2.05, 4.69) is 0 Å². The molecular weight excluding hydrogens is 325 g/mol. The first-order valence-electron chi connectivity index (χ1n) is 5.68. The summed E-state index contributed by atoms with van der Waals surface area (Å²) in [5.41, 5.74) is -0.607. The number of carboxylic acids is 1. The Kier molecular flexibility index (Phi) is 4.65. The zero-order valence-corrected chi connectivity index (χ0v) is 11.9. The Morgan fingerprint density at radius 3 is 2.38 bits per heavy atom. The van der Waals surface area contributed by atoms with Crippen LogP contribution in [0.1, 0.15) is 15.9 Å². The summed E-state index contributed by atoms with van der Waals surface area (Å²) < 4.78 is 32.2. The summed E-state index contributed by atoms with van der Waals surface area (Å²) in [5.74, 6) is -3.10. The van der Waals surface area contributed by atoms with Crippen LogP contribution in [0.25, 0.3) is 0 Å². The van der Waals surface area contributed by atoms with Crippen molar-refractivity contribution in [1.82, 2.24) is 0 Å². The fourth-order valence-corrected chi connectivity index (χ4v) is 2.23. The minimum absolute atomic E-state index is 0.0587. The van der Waals surface area contributed by atoms with Gasteiger partial charge in [0.15, 0.2) is 5.75 Å². The van der Waals surface area contributed by atoms with Gasteiger partial charge in [-0.3, -0.25) is 0 Å². The predicted octanol–water partition coefficient (Wildman–Crippen LogP) is 4.55. The van der Waals surface area contributed by atoms with Crippen LogP contribution in [-0.2, 0) is 6.61 Å². The van der Waals surface area contributed by atoms with E-state index < -0.39 is 24.2 Å². The minimum Gasteiger partial charge on any atom is -0.486 e. The fourth-order valence-electron chi connectivity index (χ4n) is 1.68. The maximum absolute atomic E-state index is 13.5. The summed E-state index contributed by atoms with van der Waals surface area (Å²) >= 11 is 11.6. The number of ether oxygens (including phenoxy) is 1. The molecule has 0 spiro atoms. The van der Waals surface area contributed by atoms with Crippen molar-refractivity contribution in [2.24, 2.45) is 0 Å². The standard InChI is InChI=1S/C14H8Cl2F2O3/c15-7-4-8(14(19)20)13(10(16)5-7)21-6-9-11(17)2-1-3-12(9)18/h1-5H,6H2,(H,19,20). The third kappa shape index (κ3) is 3.43. The van der Waals surface area contributed by atoms with Gasteiger partial charge in [0.05, 0.1) is 10.6 Å². The van der Waals surface area contributed by atoms with Crippen molar-refractivity contribution in [2.45, 2.75) is 6.61 Å². The number of hydrogen-bond donors (Lipinski definition) is 1. The van der Waals surface area contributed by atoms with Gasteiger partial charge in [-0.15, -0.1) is 0 Å². The molecule has 0 saturated heterocycles. The van der Waals surface area contributed by atoms with Gasteiger partial charge in [-0.05, 0) is 24.3 Å². The average Bonchev–Trinajstić information content (AvgIpc) is 2.39. The van der Waals surface area contributed by atoms with Crippen LogP contribution in [0.15, 0.2) is 30.3 Å². The molecular formula is C14H8Cl2F2O3. The van der Waals surface area contributed by atoms with Gasteiger partial charge in [0.2, 0.25) is 0 Å². The maximum Gasteiger partial charge on any atom is 0.339 e. The molecule has 0 heterocycles. The molecule has 2 rings (SSSR count). The number of halogens is 4. The number of aromatic carboxylic acids is 1. The SMILES string of the molecule is O=C(O)c1cc(Cl)cc(Cl)c1OCc1c(F)cccc1F. The second-order valence-electron chi connectivity index (χ2n) is 4.06. The third-order valence-corrected chi connectivity index (χ3v) is 3.16. The van der Waals surface area contributed by atoms with Crippen LogP contribution in [0.3, 0.4) is 0 Å². The Hall–Kier alpha value is -1.85. The molecule has 0 amide bonds. The van der Waals surface area contributed by atoms with Crippen molar-refractivity contribution in [3.8, 4) is 5.75 Å². The van der Waals surface area contributed by atoms with Gasteiger partial charge in [-0.25, -0.2) is 13.6 Å². The van der Waals surface area contributed by atoms with E-state index in [0.29, 0.717) is 0 Å². The highest BCUT2D eigenvalue weighted by Gasteiger charge is 2.18. The van der Waals surface area contributed by atoms with E-state index in [-0.39, 0.29) is 26.9 Å². The largest absolute Gasteiger partial charge is 0.486 e. The van der Waals surface area contributed by atoms with E-state index in [1.807, 2.05) is 0 Å². The van der Waals surface area contributed by atoms with Gasteiger partial charge in [0.25, 0.3) is 0 Å². The zero-order valence-electron chi connectivity index (χ0n) is 10.4. The number of carbonyl (C=O) groups is 1. The quantitative estimate of drug-likeness (QED) is 0.893. The van der Waals surface area contributed by atoms with E-state index in [1.165, 1.54) is 12.1 Å². The summed E-state index contributed by atoms with van der Waals surface area (Å²) in [6.07, 6.45) is 0. The topological polar surface area (TPSA) is 46.5 Å². The lowest BCUT2D eigenvalue weighted by Gasteiger charge is -2.12. The Morgan fingerprint density at radius 2 is 1.81 bits per heavy atom. The summed E-state index contributed by atoms with van der Waals surface area (Å²) in [6.45, 7) is -0.500. The normalized spacial score (nSPS) is 10.5. The Labute approximate surface area is 128 Å². The Morgan fingerprint density at radius 1 is 1.19 bits per heavy atom. The second kappa shape index (κ2) is 6.28. The molecule has 0 aliphatic rings. The Balaban J connectivity index is 2.34. The fraction of sp³-hybridized carbons (Fsp3) is 0.0714. The lowest BCUT2D eigenvalue weighted by Crippen LogP contribution is -2.06. The number of hydrogen-bond acceptors (Lipinski definition) is 2. The van der Waals surface area contributed by atoms with Crippen LogP contribution in [-0.4, -0.2) is 11.1 Å². The van der Waals surface area contributed by atoms with Crippen LogP contribution in [0.5, 0.6) is 5.75 Å². The molecule has 0 aliphatic carbocycles. The molecule has 0 saturated carbocycles. The van der Waals surface area contributed by atoms with Gasteiger partial charge in [-0.2, -0.15) is 0 Å². The maximum atomic E-state index is 13.5. The minimum atomic E-state index is -1.32. The van der Waals surface area contributed by atoms with Crippen LogP contribution in [0.2, 0.25) is 10.0 Å². The summed E-state index contributed by atoms with van der Waals surface area (Å²) in [7, 11) is 0. The van der Waals surface area contributed by atoms with Gasteiger partial charge >= 0.3 is 5.97 Å². The lowest BCUT2D eigenvalue weighted by atomic mass is 10.2. The van der Waals surface area contributed by atoms with Crippen molar-refractivity contribution in [3.05, 3.63) is 63.1 Å². The third-order valence-electron chi connectivity index (χ3n) is 2.66. The van der Waals surface area contributed by atoms with Gasteiger partial charge in [0.1, 0.15) is 23.8 Å². The lowest BCUT2D eigenvalue weighted by molar-refractivity contribution is 0.0691. The first-order valence-corrected chi connectivity index (χ1v) is 6.43. The molecule has 2 aromatic rings. The van der Waals surface area contributed by atoms with Crippen molar-refractivity contribution in [2.75, 3.05) is 0 Å². The molecule has 0 aromatic heterocycles. The molecule has 0 atom stereocenters. The predicted molar refractivity (Wildman–Crippen MR) is 74.1 cm³/mol. The smallest absolute Gasteiger partial charge is 0.339 e.